The van der Waals surface area contributed by atoms with Crippen molar-refractivity contribution < 1.29 is 0 Å². The molecule has 1 aromatic carbocycles. The largest absolute Gasteiger partial charge is 0.390 e. The lowest BCUT2D eigenvalue weighted by Crippen LogP contribution is -2.33. The van der Waals surface area contributed by atoms with Gasteiger partial charge >= 0.3 is 0 Å². The van der Waals surface area contributed by atoms with Gasteiger partial charge in [0, 0.05) is 12.0 Å². The maximum Gasteiger partial charge on any atom is 0.139 e. The lowest BCUT2D eigenvalue weighted by atomic mass is 9.94. The molecule has 1 aromatic heterocycles. The van der Waals surface area contributed by atoms with Gasteiger partial charge in [-0.25, -0.2) is 4.98 Å². The number of dihydropyridines is 1. The molecule has 8 heteroatoms. The number of nitriles is 2. The van der Waals surface area contributed by atoms with E-state index in [1.807, 2.05) is 24.3 Å². The molecule has 3 rings (SSSR count). The van der Waals surface area contributed by atoms with Crippen LogP contribution in [0.5, 0.6) is 0 Å². The van der Waals surface area contributed by atoms with E-state index in [0.717, 1.165) is 10.2 Å². The quantitative estimate of drug-likeness (QED) is 0.723. The minimum atomic E-state index is -0.705. The minimum absolute atomic E-state index is 0.139. The van der Waals surface area contributed by atoms with Crippen LogP contribution in [0.2, 0.25) is 0 Å². The van der Waals surface area contributed by atoms with Crippen molar-refractivity contribution in [2.45, 2.75) is 12.3 Å². The smallest absolute Gasteiger partial charge is 0.139 e. The number of benzene rings is 1. The van der Waals surface area contributed by atoms with Crippen LogP contribution < -0.4 is 16.8 Å². The molecule has 1 aliphatic heterocycles. The van der Waals surface area contributed by atoms with Gasteiger partial charge in [0.2, 0.25) is 0 Å². The van der Waals surface area contributed by atoms with Crippen molar-refractivity contribution in [1.82, 2.24) is 10.3 Å². The molecule has 24 heavy (non-hydrogen) atoms. The number of nitrogens with one attached hydrogen (secondary N) is 1. The van der Waals surface area contributed by atoms with Crippen LogP contribution in [0.25, 0.3) is 10.2 Å². The highest BCUT2D eigenvalue weighted by Crippen LogP contribution is 2.34. The van der Waals surface area contributed by atoms with Gasteiger partial charge in [-0.3, -0.25) is 0 Å². The maximum absolute atomic E-state index is 9.66. The Kier molecular flexibility index (Phi) is 4.17. The number of nitrogens with zero attached hydrogens (tertiary/aromatic N) is 3. The van der Waals surface area contributed by atoms with E-state index in [0.29, 0.717) is 21.9 Å². The molecule has 2 aromatic rings. The molecular weight excluding hydrogens is 340 g/mol. The molecule has 0 bridgehead atoms. The second kappa shape index (κ2) is 6.28. The summed E-state index contributed by atoms with van der Waals surface area (Å²) in [5.74, 6) is -0.429. The van der Waals surface area contributed by atoms with Crippen molar-refractivity contribution in [3.05, 3.63) is 51.9 Å². The average Bonchev–Trinajstić information content (AvgIpc) is 2.99. The topological polar surface area (TPSA) is 125 Å². The van der Waals surface area contributed by atoms with Gasteiger partial charge in [0.1, 0.15) is 21.7 Å². The van der Waals surface area contributed by atoms with Crippen LogP contribution in [-0.2, 0) is 0 Å². The Morgan fingerprint density at radius 2 is 2.12 bits per heavy atom. The molecule has 0 amide bonds. The number of fused-ring (bicyclic) bond motifs is 1. The van der Waals surface area contributed by atoms with Crippen LogP contribution in [0.4, 0.5) is 0 Å². The first kappa shape index (κ1) is 15.9. The Balaban J connectivity index is 2.06. The van der Waals surface area contributed by atoms with Gasteiger partial charge in [-0.1, -0.05) is 24.4 Å². The van der Waals surface area contributed by atoms with Gasteiger partial charge in [-0.15, -0.1) is 11.3 Å². The van der Waals surface area contributed by atoms with Crippen molar-refractivity contribution in [1.29, 1.82) is 10.5 Å². The second-order valence-electron chi connectivity index (χ2n) is 5.14. The Hall–Kier alpha value is -2.94. The summed E-state index contributed by atoms with van der Waals surface area (Å²) in [6, 6.07) is 12.0. The van der Waals surface area contributed by atoms with E-state index in [-0.39, 0.29) is 17.2 Å². The van der Waals surface area contributed by atoms with Crippen molar-refractivity contribution in [3.8, 4) is 12.1 Å². The third-order valence-electron chi connectivity index (χ3n) is 3.68. The highest BCUT2D eigenvalue weighted by Gasteiger charge is 2.29. The van der Waals surface area contributed by atoms with E-state index in [9.17, 15) is 10.5 Å². The number of thiazole rings is 1. The van der Waals surface area contributed by atoms with E-state index >= 15 is 0 Å². The van der Waals surface area contributed by atoms with Crippen LogP contribution in [0.1, 0.15) is 17.3 Å². The molecule has 0 unspecified atom stereocenters. The van der Waals surface area contributed by atoms with Gasteiger partial charge in [0.15, 0.2) is 0 Å². The van der Waals surface area contributed by atoms with Gasteiger partial charge in [0.05, 0.1) is 33.6 Å². The predicted octanol–water partition coefficient (Wildman–Crippen LogP) is 2.13. The summed E-state index contributed by atoms with van der Waals surface area (Å²) in [6.07, 6.45) is 0.211. The number of nitrogens with two attached hydrogens (primary N) is 2. The minimum Gasteiger partial charge on any atom is -0.390 e. The van der Waals surface area contributed by atoms with Crippen LogP contribution >= 0.6 is 23.6 Å². The number of aromatic nitrogens is 1. The first-order valence-electron chi connectivity index (χ1n) is 6.98. The average molecular weight is 352 g/mol. The molecule has 0 radical (unpaired) electrons. The fourth-order valence-corrected chi connectivity index (χ4v) is 3.69. The van der Waals surface area contributed by atoms with E-state index < -0.39 is 5.92 Å². The number of rotatable bonds is 3. The third kappa shape index (κ3) is 2.69. The first-order chi connectivity index (χ1) is 11.5. The molecule has 0 saturated heterocycles. The van der Waals surface area contributed by atoms with Gasteiger partial charge in [-0.2, -0.15) is 10.5 Å². The van der Waals surface area contributed by atoms with Crippen LogP contribution in [-0.4, -0.2) is 9.97 Å². The molecule has 2 heterocycles. The third-order valence-corrected chi connectivity index (χ3v) is 5.03. The number of para-hydroxylation sites is 1. The van der Waals surface area contributed by atoms with Crippen molar-refractivity contribution in [2.24, 2.45) is 11.5 Å². The maximum atomic E-state index is 9.66. The molecule has 5 N–H and O–H groups in total. The molecule has 118 valence electrons. The van der Waals surface area contributed by atoms with E-state index in [1.165, 1.54) is 11.3 Å². The van der Waals surface area contributed by atoms with Crippen LogP contribution in [0.3, 0.4) is 0 Å². The normalized spacial score (nSPS) is 15.6. The van der Waals surface area contributed by atoms with Crippen LogP contribution in [0.15, 0.2) is 46.9 Å². The fraction of sp³-hybridized carbons (Fsp3) is 0.125. The summed E-state index contributed by atoms with van der Waals surface area (Å²) >= 11 is 6.38. The zero-order valence-corrected chi connectivity index (χ0v) is 14.0. The summed E-state index contributed by atoms with van der Waals surface area (Å²) < 4.78 is 0.981. The molecule has 6 nitrogen and oxygen atoms in total. The Labute approximate surface area is 147 Å². The van der Waals surface area contributed by atoms with Gasteiger partial charge < -0.3 is 16.8 Å². The summed E-state index contributed by atoms with van der Waals surface area (Å²) in [6.45, 7) is 0. The standard InChI is InChI=1S/C16H12N6S2/c17-6-8-5-9(15(20)23)14(19)22-13(8)10(7-18)16-21-11-3-1-2-4-12(11)24-16/h1-4,10,22H,5,19H2,(H2,20,23)/t10-/m1/s1. The summed E-state index contributed by atoms with van der Waals surface area (Å²) in [7, 11) is 0. The number of allylic oxidation sites excluding steroid dienone is 2. The molecule has 0 spiro atoms. The highest BCUT2D eigenvalue weighted by atomic mass is 32.1. The monoisotopic (exact) mass is 352 g/mol. The second-order valence-corrected chi connectivity index (χ2v) is 6.65. The zero-order valence-electron chi connectivity index (χ0n) is 12.4. The molecule has 1 aliphatic rings. The molecule has 0 fully saturated rings. The number of hydrogen-bond acceptors (Lipinski definition) is 7. The molecule has 0 aliphatic carbocycles. The summed E-state index contributed by atoms with van der Waals surface area (Å²) in [5.41, 5.74) is 13.8. The van der Waals surface area contributed by atoms with Gasteiger partial charge in [-0.05, 0) is 12.1 Å². The van der Waals surface area contributed by atoms with E-state index in [1.54, 1.807) is 0 Å². The Bertz CT molecular complexity index is 953. The SMILES string of the molecule is N#CC1=C([C@@H](C#N)c2nc3ccccc3s2)NC(N)=C(C(N)=S)C1. The van der Waals surface area contributed by atoms with Gasteiger partial charge in [0.25, 0.3) is 0 Å². The lowest BCUT2D eigenvalue weighted by Gasteiger charge is -2.24. The predicted molar refractivity (Wildman–Crippen MR) is 96.4 cm³/mol. The Morgan fingerprint density at radius 3 is 2.75 bits per heavy atom. The number of thiocarbonyl (C=S) groups is 1. The van der Waals surface area contributed by atoms with E-state index in [4.69, 9.17) is 23.7 Å². The summed E-state index contributed by atoms with van der Waals surface area (Å²) in [5, 5.41) is 22.7. The van der Waals surface area contributed by atoms with Crippen LogP contribution in [0, 0.1) is 22.7 Å². The van der Waals surface area contributed by atoms with Crippen molar-refractivity contribution in [3.63, 3.8) is 0 Å². The molecule has 0 saturated carbocycles. The fourth-order valence-electron chi connectivity index (χ4n) is 2.49. The summed E-state index contributed by atoms with van der Waals surface area (Å²) in [4.78, 5) is 4.65. The lowest BCUT2D eigenvalue weighted by molar-refractivity contribution is 0.785. The first-order valence-corrected chi connectivity index (χ1v) is 8.21. The molecular formula is C16H12N6S2. The molecule has 1 atom stereocenters. The zero-order chi connectivity index (χ0) is 17.3. The van der Waals surface area contributed by atoms with Crippen molar-refractivity contribution in [2.75, 3.05) is 0 Å². The highest BCUT2D eigenvalue weighted by molar-refractivity contribution is 7.80. The van der Waals surface area contributed by atoms with Crippen molar-refractivity contribution >= 4 is 38.8 Å². The number of hydrogen-bond donors (Lipinski definition) is 3. The Morgan fingerprint density at radius 1 is 1.38 bits per heavy atom. The van der Waals surface area contributed by atoms with E-state index in [2.05, 4.69) is 22.4 Å².